The third kappa shape index (κ3) is 3.21. The quantitative estimate of drug-likeness (QED) is 0.548. The average Bonchev–Trinajstić information content (AvgIpc) is 2.43. The Morgan fingerprint density at radius 2 is 1.59 bits per heavy atom. The van der Waals surface area contributed by atoms with Gasteiger partial charge >= 0.3 is 0 Å². The van der Waals surface area contributed by atoms with Gasteiger partial charge in [-0.15, -0.1) is 0 Å². The van der Waals surface area contributed by atoms with Gasteiger partial charge in [-0.2, -0.15) is 0 Å². The molecule has 0 N–H and O–H groups in total. The third-order valence-electron chi connectivity index (χ3n) is 5.59. The van der Waals surface area contributed by atoms with Crippen LogP contribution in [0.25, 0.3) is 5.57 Å². The van der Waals surface area contributed by atoms with Crippen molar-refractivity contribution in [1.29, 1.82) is 0 Å². The SMILES string of the molecule is C=C(C)C(C)/C=C(\C)c1ccc2c(c1)C(C)(C)CCC2(C)C. The van der Waals surface area contributed by atoms with Crippen LogP contribution in [0.4, 0.5) is 0 Å². The Morgan fingerprint density at radius 1 is 1.05 bits per heavy atom. The number of hydrogen-bond donors (Lipinski definition) is 0. The summed E-state index contributed by atoms with van der Waals surface area (Å²) in [5.74, 6) is 0.431. The second-order valence-electron chi connectivity index (χ2n) is 8.51. The fraction of sp³-hybridized carbons (Fsp3) is 0.545. The zero-order valence-corrected chi connectivity index (χ0v) is 15.5. The second kappa shape index (κ2) is 5.72. The minimum atomic E-state index is 0.279. The van der Waals surface area contributed by atoms with Gasteiger partial charge in [-0.25, -0.2) is 0 Å². The van der Waals surface area contributed by atoms with Crippen molar-refractivity contribution < 1.29 is 0 Å². The van der Waals surface area contributed by atoms with E-state index in [1.165, 1.54) is 40.7 Å². The van der Waals surface area contributed by atoms with Gasteiger partial charge in [0.15, 0.2) is 0 Å². The molecule has 0 bridgehead atoms. The van der Waals surface area contributed by atoms with Crippen LogP contribution in [0.5, 0.6) is 0 Å². The summed E-state index contributed by atoms with van der Waals surface area (Å²) in [5, 5.41) is 0. The zero-order valence-electron chi connectivity index (χ0n) is 15.5. The van der Waals surface area contributed by atoms with Crippen molar-refractivity contribution in [2.75, 3.05) is 0 Å². The van der Waals surface area contributed by atoms with Crippen LogP contribution in [0, 0.1) is 5.92 Å². The first-order chi connectivity index (χ1) is 10.0. The van der Waals surface area contributed by atoms with Crippen LogP contribution in [0.15, 0.2) is 36.4 Å². The lowest BCUT2D eigenvalue weighted by Gasteiger charge is -2.42. The lowest BCUT2D eigenvalue weighted by molar-refractivity contribution is 0.332. The summed E-state index contributed by atoms with van der Waals surface area (Å²) in [4.78, 5) is 0. The van der Waals surface area contributed by atoms with Crippen LogP contribution in [-0.2, 0) is 10.8 Å². The molecule has 1 atom stereocenters. The van der Waals surface area contributed by atoms with Gasteiger partial charge in [-0.05, 0) is 65.7 Å². The van der Waals surface area contributed by atoms with Crippen LogP contribution < -0.4 is 0 Å². The molecule has 0 saturated carbocycles. The van der Waals surface area contributed by atoms with Crippen molar-refractivity contribution in [3.05, 3.63) is 53.1 Å². The molecule has 0 radical (unpaired) electrons. The van der Waals surface area contributed by atoms with Crippen molar-refractivity contribution in [2.24, 2.45) is 5.92 Å². The molecular formula is C22H32. The normalized spacial score (nSPS) is 21.1. The molecule has 0 spiro atoms. The van der Waals surface area contributed by atoms with Crippen LogP contribution in [-0.4, -0.2) is 0 Å². The minimum absolute atomic E-state index is 0.279. The molecule has 1 aromatic carbocycles. The van der Waals surface area contributed by atoms with E-state index in [1.807, 2.05) is 0 Å². The van der Waals surface area contributed by atoms with E-state index in [1.54, 1.807) is 0 Å². The number of hydrogen-bond acceptors (Lipinski definition) is 0. The monoisotopic (exact) mass is 296 g/mol. The molecule has 0 nitrogen and oxygen atoms in total. The molecule has 0 aromatic heterocycles. The van der Waals surface area contributed by atoms with E-state index >= 15 is 0 Å². The average molecular weight is 296 g/mol. The molecule has 0 aliphatic heterocycles. The van der Waals surface area contributed by atoms with E-state index in [0.717, 1.165) is 0 Å². The van der Waals surface area contributed by atoms with Crippen molar-refractivity contribution in [3.63, 3.8) is 0 Å². The van der Waals surface area contributed by atoms with Gasteiger partial charge in [0.05, 0.1) is 0 Å². The Morgan fingerprint density at radius 3 is 2.14 bits per heavy atom. The van der Waals surface area contributed by atoms with Gasteiger partial charge in [0.25, 0.3) is 0 Å². The Bertz CT molecular complexity index is 611. The van der Waals surface area contributed by atoms with Crippen LogP contribution in [0.2, 0.25) is 0 Å². The molecule has 0 fully saturated rings. The Balaban J connectivity index is 2.49. The molecule has 1 aliphatic carbocycles. The smallest absolute Gasteiger partial charge is 0.00512 e. The highest BCUT2D eigenvalue weighted by atomic mass is 14.4. The molecule has 1 unspecified atom stereocenters. The number of fused-ring (bicyclic) bond motifs is 1. The first-order valence-corrected chi connectivity index (χ1v) is 8.54. The highest BCUT2D eigenvalue weighted by molar-refractivity contribution is 5.66. The predicted molar refractivity (Wildman–Crippen MR) is 99.4 cm³/mol. The summed E-state index contributed by atoms with van der Waals surface area (Å²) in [5.41, 5.74) is 7.59. The Labute approximate surface area is 137 Å². The van der Waals surface area contributed by atoms with Crippen LogP contribution in [0.1, 0.15) is 78.0 Å². The molecule has 1 aromatic rings. The fourth-order valence-corrected chi connectivity index (χ4v) is 3.45. The van der Waals surface area contributed by atoms with Crippen LogP contribution in [0.3, 0.4) is 0 Å². The van der Waals surface area contributed by atoms with E-state index in [9.17, 15) is 0 Å². The van der Waals surface area contributed by atoms with Crippen molar-refractivity contribution in [1.82, 2.24) is 0 Å². The molecular weight excluding hydrogens is 264 g/mol. The largest absolute Gasteiger partial charge is 0.0996 e. The molecule has 120 valence electrons. The van der Waals surface area contributed by atoms with Gasteiger partial charge < -0.3 is 0 Å². The van der Waals surface area contributed by atoms with Gasteiger partial charge in [0, 0.05) is 0 Å². The first kappa shape index (κ1) is 17.1. The summed E-state index contributed by atoms with van der Waals surface area (Å²) in [6.07, 6.45) is 4.88. The zero-order chi connectivity index (χ0) is 16.7. The Kier molecular flexibility index (Phi) is 4.44. The number of benzene rings is 1. The lowest BCUT2D eigenvalue weighted by Crippen LogP contribution is -2.33. The van der Waals surface area contributed by atoms with Gasteiger partial charge in [-0.1, -0.05) is 71.0 Å². The maximum Gasteiger partial charge on any atom is -0.00512 e. The molecule has 1 aliphatic rings. The summed E-state index contributed by atoms with van der Waals surface area (Å²) in [7, 11) is 0. The predicted octanol–water partition coefficient (Wildman–Crippen LogP) is 6.65. The maximum atomic E-state index is 4.07. The summed E-state index contributed by atoms with van der Waals surface area (Å²) >= 11 is 0. The van der Waals surface area contributed by atoms with Crippen LogP contribution >= 0.6 is 0 Å². The molecule has 0 heterocycles. The number of allylic oxidation sites excluding steroid dienone is 3. The highest BCUT2D eigenvalue weighted by Crippen LogP contribution is 2.46. The van der Waals surface area contributed by atoms with Crippen molar-refractivity contribution in [2.45, 2.75) is 72.1 Å². The molecule has 0 heteroatoms. The van der Waals surface area contributed by atoms with E-state index in [0.29, 0.717) is 11.3 Å². The molecule has 22 heavy (non-hydrogen) atoms. The van der Waals surface area contributed by atoms with E-state index in [2.05, 4.69) is 79.3 Å². The summed E-state index contributed by atoms with van der Waals surface area (Å²) in [6.45, 7) is 20.2. The van der Waals surface area contributed by atoms with Gasteiger partial charge in [0.2, 0.25) is 0 Å². The standard InChI is InChI=1S/C22H32/c1-15(2)16(3)13-17(4)18-9-10-19-20(14-18)22(7,8)12-11-21(19,5)6/h9-10,13-14,16H,1,11-12H2,2-8H3/b17-13+. The molecule has 0 saturated heterocycles. The van der Waals surface area contributed by atoms with Gasteiger partial charge in [-0.3, -0.25) is 0 Å². The molecule has 2 rings (SSSR count). The van der Waals surface area contributed by atoms with Gasteiger partial charge in [0.1, 0.15) is 0 Å². The minimum Gasteiger partial charge on any atom is -0.0996 e. The topological polar surface area (TPSA) is 0 Å². The van der Waals surface area contributed by atoms with E-state index in [-0.39, 0.29) is 5.41 Å². The van der Waals surface area contributed by atoms with Crippen molar-refractivity contribution >= 4 is 5.57 Å². The molecule has 0 amide bonds. The van der Waals surface area contributed by atoms with Crippen molar-refractivity contribution in [3.8, 4) is 0 Å². The summed E-state index contributed by atoms with van der Waals surface area (Å²) < 4.78 is 0. The first-order valence-electron chi connectivity index (χ1n) is 8.54. The second-order valence-corrected chi connectivity index (χ2v) is 8.51. The number of rotatable bonds is 3. The highest BCUT2D eigenvalue weighted by Gasteiger charge is 2.36. The summed E-state index contributed by atoms with van der Waals surface area (Å²) in [6, 6.07) is 7.11. The van der Waals surface area contributed by atoms with E-state index in [4.69, 9.17) is 0 Å². The fourth-order valence-electron chi connectivity index (χ4n) is 3.45. The van der Waals surface area contributed by atoms with E-state index < -0.39 is 0 Å². The third-order valence-corrected chi connectivity index (χ3v) is 5.59. The maximum absolute atomic E-state index is 4.07. The lowest BCUT2D eigenvalue weighted by atomic mass is 9.63. The Hall–Kier alpha value is -1.30.